The lowest BCUT2D eigenvalue weighted by molar-refractivity contribution is -0.119. The molecule has 0 spiro atoms. The Kier molecular flexibility index (Phi) is 7.35. The maximum atomic E-state index is 11.7. The maximum absolute atomic E-state index is 11.7. The van der Waals surface area contributed by atoms with Gasteiger partial charge in [0.15, 0.2) is 0 Å². The van der Waals surface area contributed by atoms with E-state index in [1.54, 1.807) is 0 Å². The predicted octanol–water partition coefficient (Wildman–Crippen LogP) is 3.56. The Labute approximate surface area is 111 Å². The summed E-state index contributed by atoms with van der Waals surface area (Å²) in [4.78, 5) is 11.7. The number of hydrogen-bond acceptors (Lipinski definition) is 2. The molecule has 0 fully saturated rings. The van der Waals surface area contributed by atoms with Gasteiger partial charge in [0.25, 0.3) is 0 Å². The van der Waals surface area contributed by atoms with Crippen molar-refractivity contribution in [3.8, 4) is 0 Å². The quantitative estimate of drug-likeness (QED) is 0.676. The lowest BCUT2D eigenvalue weighted by Crippen LogP contribution is -2.18. The third kappa shape index (κ3) is 6.55. The minimum Gasteiger partial charge on any atom is -0.312 e. The Morgan fingerprint density at radius 1 is 1.28 bits per heavy atom. The standard InChI is InChI=1S/C16H25NO/c1-3-7-14(2)12-16(18)10-11-17-13-15-8-5-4-6-9-15/h4-6,8-9,14,17H,3,7,10-13H2,1-2H3. The number of carbonyl (C=O) groups excluding carboxylic acids is 1. The summed E-state index contributed by atoms with van der Waals surface area (Å²) >= 11 is 0. The average Bonchev–Trinajstić information content (AvgIpc) is 2.36. The molecule has 0 bridgehead atoms. The Bertz CT molecular complexity index is 334. The molecule has 1 unspecified atom stereocenters. The smallest absolute Gasteiger partial charge is 0.134 e. The van der Waals surface area contributed by atoms with Crippen molar-refractivity contribution in [1.29, 1.82) is 0 Å². The number of rotatable bonds is 9. The van der Waals surface area contributed by atoms with Crippen molar-refractivity contribution < 1.29 is 4.79 Å². The molecule has 0 aromatic heterocycles. The fraction of sp³-hybridized carbons (Fsp3) is 0.562. The van der Waals surface area contributed by atoms with E-state index in [2.05, 4.69) is 31.3 Å². The summed E-state index contributed by atoms with van der Waals surface area (Å²) in [6.45, 7) is 5.96. The zero-order valence-corrected chi connectivity index (χ0v) is 11.6. The van der Waals surface area contributed by atoms with Crippen LogP contribution in [0.4, 0.5) is 0 Å². The van der Waals surface area contributed by atoms with E-state index in [0.717, 1.165) is 25.9 Å². The van der Waals surface area contributed by atoms with Crippen molar-refractivity contribution in [2.75, 3.05) is 6.54 Å². The van der Waals surface area contributed by atoms with Crippen LogP contribution in [0.3, 0.4) is 0 Å². The molecule has 1 atom stereocenters. The van der Waals surface area contributed by atoms with Gasteiger partial charge in [-0.2, -0.15) is 0 Å². The second kappa shape index (κ2) is 8.87. The molecule has 0 amide bonds. The first-order valence-electron chi connectivity index (χ1n) is 6.98. The van der Waals surface area contributed by atoms with Crippen LogP contribution in [0.2, 0.25) is 0 Å². The molecule has 0 aliphatic rings. The molecular formula is C16H25NO. The van der Waals surface area contributed by atoms with Crippen LogP contribution < -0.4 is 5.32 Å². The van der Waals surface area contributed by atoms with Crippen LogP contribution in [0.15, 0.2) is 30.3 Å². The van der Waals surface area contributed by atoms with Gasteiger partial charge in [0.1, 0.15) is 5.78 Å². The van der Waals surface area contributed by atoms with Gasteiger partial charge in [-0.25, -0.2) is 0 Å². The summed E-state index contributed by atoms with van der Waals surface area (Å²) in [7, 11) is 0. The van der Waals surface area contributed by atoms with Crippen LogP contribution in [-0.4, -0.2) is 12.3 Å². The third-order valence-corrected chi connectivity index (χ3v) is 3.11. The van der Waals surface area contributed by atoms with Gasteiger partial charge < -0.3 is 5.32 Å². The molecule has 0 aliphatic carbocycles. The second-order valence-electron chi connectivity index (χ2n) is 5.05. The van der Waals surface area contributed by atoms with E-state index in [9.17, 15) is 4.79 Å². The van der Waals surface area contributed by atoms with Crippen molar-refractivity contribution in [3.05, 3.63) is 35.9 Å². The van der Waals surface area contributed by atoms with E-state index in [-0.39, 0.29) is 0 Å². The van der Waals surface area contributed by atoms with Crippen molar-refractivity contribution in [3.63, 3.8) is 0 Å². The zero-order chi connectivity index (χ0) is 13.2. The molecule has 0 saturated carbocycles. The lowest BCUT2D eigenvalue weighted by Gasteiger charge is -2.09. The highest BCUT2D eigenvalue weighted by Crippen LogP contribution is 2.11. The number of ketones is 1. The first kappa shape index (κ1) is 14.9. The van der Waals surface area contributed by atoms with Gasteiger partial charge in [-0.1, -0.05) is 57.0 Å². The van der Waals surface area contributed by atoms with E-state index in [4.69, 9.17) is 0 Å². The SMILES string of the molecule is CCCC(C)CC(=O)CCNCc1ccccc1. The number of carbonyl (C=O) groups is 1. The van der Waals surface area contributed by atoms with Gasteiger partial charge in [-0.3, -0.25) is 4.79 Å². The van der Waals surface area contributed by atoms with Crippen LogP contribution in [0.1, 0.15) is 45.1 Å². The molecule has 1 aromatic rings. The van der Waals surface area contributed by atoms with Crippen LogP contribution >= 0.6 is 0 Å². The van der Waals surface area contributed by atoms with Crippen LogP contribution in [0.5, 0.6) is 0 Å². The first-order valence-corrected chi connectivity index (χ1v) is 6.98. The first-order chi connectivity index (χ1) is 8.72. The predicted molar refractivity (Wildman–Crippen MR) is 76.5 cm³/mol. The van der Waals surface area contributed by atoms with E-state index in [0.29, 0.717) is 18.1 Å². The van der Waals surface area contributed by atoms with Crippen molar-refractivity contribution in [1.82, 2.24) is 5.32 Å². The molecule has 0 saturated heterocycles. The number of nitrogens with one attached hydrogen (secondary N) is 1. The van der Waals surface area contributed by atoms with E-state index < -0.39 is 0 Å². The van der Waals surface area contributed by atoms with Gasteiger partial charge >= 0.3 is 0 Å². The number of hydrogen-bond donors (Lipinski definition) is 1. The van der Waals surface area contributed by atoms with Crippen molar-refractivity contribution in [2.45, 2.75) is 46.1 Å². The molecule has 2 nitrogen and oxygen atoms in total. The largest absolute Gasteiger partial charge is 0.312 e. The minimum absolute atomic E-state index is 0.386. The normalized spacial score (nSPS) is 12.3. The molecule has 18 heavy (non-hydrogen) atoms. The fourth-order valence-electron chi connectivity index (χ4n) is 2.14. The van der Waals surface area contributed by atoms with Crippen molar-refractivity contribution >= 4 is 5.78 Å². The molecule has 0 aliphatic heterocycles. The minimum atomic E-state index is 0.386. The van der Waals surface area contributed by atoms with E-state index in [1.807, 2.05) is 18.2 Å². The topological polar surface area (TPSA) is 29.1 Å². The monoisotopic (exact) mass is 247 g/mol. The highest BCUT2D eigenvalue weighted by molar-refractivity contribution is 5.78. The van der Waals surface area contributed by atoms with Crippen molar-refractivity contribution in [2.24, 2.45) is 5.92 Å². The Balaban J connectivity index is 2.09. The lowest BCUT2D eigenvalue weighted by atomic mass is 9.98. The average molecular weight is 247 g/mol. The van der Waals surface area contributed by atoms with Gasteiger partial charge in [0, 0.05) is 25.9 Å². The van der Waals surface area contributed by atoms with Crippen LogP contribution in [-0.2, 0) is 11.3 Å². The van der Waals surface area contributed by atoms with Gasteiger partial charge in [0.2, 0.25) is 0 Å². The highest BCUT2D eigenvalue weighted by Gasteiger charge is 2.07. The summed E-state index contributed by atoms with van der Waals surface area (Å²) in [5.41, 5.74) is 1.27. The number of Topliss-reactive ketones (excluding diaryl/α,β-unsaturated/α-hetero) is 1. The second-order valence-corrected chi connectivity index (χ2v) is 5.05. The summed E-state index contributed by atoms with van der Waals surface area (Å²) in [6, 6.07) is 10.3. The van der Waals surface area contributed by atoms with E-state index >= 15 is 0 Å². The third-order valence-electron chi connectivity index (χ3n) is 3.11. The summed E-state index contributed by atoms with van der Waals surface area (Å²) in [5, 5.41) is 3.32. The molecule has 100 valence electrons. The Morgan fingerprint density at radius 3 is 2.67 bits per heavy atom. The maximum Gasteiger partial charge on any atom is 0.134 e. The molecule has 1 aromatic carbocycles. The summed E-state index contributed by atoms with van der Waals surface area (Å²) < 4.78 is 0. The number of benzene rings is 1. The zero-order valence-electron chi connectivity index (χ0n) is 11.6. The Morgan fingerprint density at radius 2 is 2.00 bits per heavy atom. The summed E-state index contributed by atoms with van der Waals surface area (Å²) in [5.74, 6) is 0.924. The van der Waals surface area contributed by atoms with Gasteiger partial charge in [-0.05, 0) is 11.5 Å². The summed E-state index contributed by atoms with van der Waals surface area (Å²) in [6.07, 6.45) is 3.71. The van der Waals surface area contributed by atoms with Gasteiger partial charge in [0.05, 0.1) is 0 Å². The molecule has 2 heteroatoms. The molecule has 1 rings (SSSR count). The fourth-order valence-corrected chi connectivity index (χ4v) is 2.14. The molecular weight excluding hydrogens is 222 g/mol. The van der Waals surface area contributed by atoms with Crippen LogP contribution in [0, 0.1) is 5.92 Å². The van der Waals surface area contributed by atoms with E-state index in [1.165, 1.54) is 12.0 Å². The van der Waals surface area contributed by atoms with Gasteiger partial charge in [-0.15, -0.1) is 0 Å². The Hall–Kier alpha value is -1.15. The molecule has 0 heterocycles. The highest BCUT2D eigenvalue weighted by atomic mass is 16.1. The van der Waals surface area contributed by atoms with Crippen LogP contribution in [0.25, 0.3) is 0 Å². The molecule has 0 radical (unpaired) electrons. The molecule has 1 N–H and O–H groups in total.